The minimum absolute atomic E-state index is 0.576. The topological polar surface area (TPSA) is 21.3 Å². The molecule has 1 aromatic rings. The first-order valence-electron chi connectivity index (χ1n) is 7.13. The quantitative estimate of drug-likeness (QED) is 0.664. The highest BCUT2D eigenvalue weighted by molar-refractivity contribution is 5.32. The van der Waals surface area contributed by atoms with Crippen molar-refractivity contribution in [2.24, 2.45) is 0 Å². The molecule has 0 aliphatic rings. The zero-order chi connectivity index (χ0) is 13.2. The van der Waals surface area contributed by atoms with E-state index in [1.807, 2.05) is 12.1 Å². The number of benzene rings is 1. The molecular formula is C16H27NO. The summed E-state index contributed by atoms with van der Waals surface area (Å²) in [7, 11) is 1.73. The third-order valence-corrected chi connectivity index (χ3v) is 3.32. The molecule has 0 amide bonds. The van der Waals surface area contributed by atoms with E-state index in [2.05, 4.69) is 31.3 Å². The smallest absolute Gasteiger partial charge is 0.123 e. The zero-order valence-corrected chi connectivity index (χ0v) is 12.0. The number of para-hydroxylation sites is 1. The van der Waals surface area contributed by atoms with Crippen LogP contribution in [0.2, 0.25) is 0 Å². The van der Waals surface area contributed by atoms with E-state index in [4.69, 9.17) is 4.74 Å². The molecule has 0 bridgehead atoms. The van der Waals surface area contributed by atoms with Gasteiger partial charge in [-0.3, -0.25) is 0 Å². The van der Waals surface area contributed by atoms with Crippen LogP contribution in [-0.4, -0.2) is 13.2 Å². The molecule has 1 aromatic carbocycles. The summed E-state index contributed by atoms with van der Waals surface area (Å²) in [5.41, 5.74) is 1.24. The Hall–Kier alpha value is -1.02. The molecule has 1 atom stereocenters. The number of rotatable bonds is 9. The van der Waals surface area contributed by atoms with Crippen LogP contribution >= 0.6 is 0 Å². The first-order valence-corrected chi connectivity index (χ1v) is 7.13. The van der Waals surface area contributed by atoms with E-state index in [1.54, 1.807) is 7.11 Å². The van der Waals surface area contributed by atoms with Crippen LogP contribution in [0.25, 0.3) is 0 Å². The molecule has 1 rings (SSSR count). The second-order valence-electron chi connectivity index (χ2n) is 4.94. The lowest BCUT2D eigenvalue weighted by Crippen LogP contribution is -2.25. The van der Waals surface area contributed by atoms with Gasteiger partial charge < -0.3 is 10.1 Å². The average Bonchev–Trinajstić information content (AvgIpc) is 2.41. The molecule has 0 saturated heterocycles. The van der Waals surface area contributed by atoms with Crippen LogP contribution in [0.1, 0.15) is 51.5 Å². The van der Waals surface area contributed by atoms with E-state index in [1.165, 1.54) is 37.7 Å². The minimum atomic E-state index is 0.576. The van der Waals surface area contributed by atoms with Crippen molar-refractivity contribution in [1.82, 2.24) is 5.32 Å². The second kappa shape index (κ2) is 8.98. The van der Waals surface area contributed by atoms with Crippen molar-refractivity contribution < 1.29 is 4.74 Å². The van der Waals surface area contributed by atoms with Gasteiger partial charge in [-0.25, -0.2) is 0 Å². The van der Waals surface area contributed by atoms with Gasteiger partial charge in [-0.15, -0.1) is 0 Å². The third kappa shape index (κ3) is 5.54. The molecule has 2 nitrogen and oxygen atoms in total. The van der Waals surface area contributed by atoms with Gasteiger partial charge in [0.15, 0.2) is 0 Å². The molecule has 0 aromatic heterocycles. The third-order valence-electron chi connectivity index (χ3n) is 3.32. The number of hydrogen-bond acceptors (Lipinski definition) is 2. The van der Waals surface area contributed by atoms with E-state index < -0.39 is 0 Å². The fourth-order valence-electron chi connectivity index (χ4n) is 2.11. The van der Waals surface area contributed by atoms with Crippen LogP contribution in [0.5, 0.6) is 5.75 Å². The van der Waals surface area contributed by atoms with Crippen molar-refractivity contribution >= 4 is 0 Å². The highest BCUT2D eigenvalue weighted by Crippen LogP contribution is 2.17. The maximum absolute atomic E-state index is 5.35. The molecular weight excluding hydrogens is 222 g/mol. The Kier molecular flexibility index (Phi) is 7.51. The summed E-state index contributed by atoms with van der Waals surface area (Å²) in [6.45, 7) is 5.41. The van der Waals surface area contributed by atoms with Crippen LogP contribution in [0.15, 0.2) is 24.3 Å². The van der Waals surface area contributed by atoms with E-state index in [0.717, 1.165) is 12.3 Å². The van der Waals surface area contributed by atoms with E-state index in [9.17, 15) is 0 Å². The maximum atomic E-state index is 5.35. The summed E-state index contributed by atoms with van der Waals surface area (Å²) in [6.07, 6.45) is 6.61. The average molecular weight is 249 g/mol. The Morgan fingerprint density at radius 3 is 2.67 bits per heavy atom. The lowest BCUT2D eigenvalue weighted by molar-refractivity contribution is 0.404. The van der Waals surface area contributed by atoms with Crippen molar-refractivity contribution in [1.29, 1.82) is 0 Å². The summed E-state index contributed by atoms with van der Waals surface area (Å²) in [5.74, 6) is 0.975. The summed E-state index contributed by atoms with van der Waals surface area (Å²) in [6, 6.07) is 8.78. The molecule has 0 fully saturated rings. The van der Waals surface area contributed by atoms with E-state index >= 15 is 0 Å². The lowest BCUT2D eigenvalue weighted by Gasteiger charge is -2.15. The maximum Gasteiger partial charge on any atom is 0.123 e. The van der Waals surface area contributed by atoms with Crippen molar-refractivity contribution in [3.05, 3.63) is 29.8 Å². The fourth-order valence-corrected chi connectivity index (χ4v) is 2.11. The summed E-state index contributed by atoms with van der Waals surface area (Å²) < 4.78 is 5.35. The number of nitrogens with one attached hydrogen (secondary N) is 1. The number of ether oxygens (including phenoxy) is 1. The van der Waals surface area contributed by atoms with Gasteiger partial charge in [-0.2, -0.15) is 0 Å². The molecule has 0 aliphatic heterocycles. The molecule has 0 saturated carbocycles. The predicted molar refractivity (Wildman–Crippen MR) is 78.1 cm³/mol. The number of methoxy groups -OCH3 is 1. The van der Waals surface area contributed by atoms with Crippen molar-refractivity contribution in [3.8, 4) is 5.75 Å². The van der Waals surface area contributed by atoms with Crippen LogP contribution in [0.3, 0.4) is 0 Å². The highest BCUT2D eigenvalue weighted by Gasteiger charge is 2.04. The van der Waals surface area contributed by atoms with Gasteiger partial charge in [0.1, 0.15) is 5.75 Å². The lowest BCUT2D eigenvalue weighted by atomic mass is 10.1. The fraction of sp³-hybridized carbons (Fsp3) is 0.625. The molecule has 0 spiro atoms. The van der Waals surface area contributed by atoms with Gasteiger partial charge in [-0.1, -0.05) is 50.8 Å². The number of unbranched alkanes of at least 4 members (excludes halogenated alkanes) is 3. The summed E-state index contributed by atoms with van der Waals surface area (Å²) >= 11 is 0. The molecule has 1 N–H and O–H groups in total. The SMILES string of the molecule is CCCCCC[C@@H](C)NCc1ccccc1OC. The zero-order valence-electron chi connectivity index (χ0n) is 12.0. The summed E-state index contributed by atoms with van der Waals surface area (Å²) in [4.78, 5) is 0. The van der Waals surface area contributed by atoms with Crippen molar-refractivity contribution in [3.63, 3.8) is 0 Å². The summed E-state index contributed by atoms with van der Waals surface area (Å²) in [5, 5.41) is 3.57. The normalized spacial score (nSPS) is 12.4. The Bertz CT molecular complexity index is 325. The predicted octanol–water partition coefficient (Wildman–Crippen LogP) is 4.14. The van der Waals surface area contributed by atoms with Gasteiger partial charge in [0.05, 0.1) is 7.11 Å². The van der Waals surface area contributed by atoms with Gasteiger partial charge in [0, 0.05) is 18.2 Å². The minimum Gasteiger partial charge on any atom is -0.496 e. The first kappa shape index (κ1) is 15.0. The molecule has 0 radical (unpaired) electrons. The van der Waals surface area contributed by atoms with Crippen molar-refractivity contribution in [2.75, 3.05) is 7.11 Å². The molecule has 0 unspecified atom stereocenters. The van der Waals surface area contributed by atoms with Gasteiger partial charge >= 0.3 is 0 Å². The molecule has 18 heavy (non-hydrogen) atoms. The van der Waals surface area contributed by atoms with Gasteiger partial charge in [-0.05, 0) is 19.4 Å². The number of hydrogen-bond donors (Lipinski definition) is 1. The van der Waals surface area contributed by atoms with Crippen LogP contribution in [-0.2, 0) is 6.54 Å². The molecule has 102 valence electrons. The standard InChI is InChI=1S/C16H27NO/c1-4-5-6-7-10-14(2)17-13-15-11-8-9-12-16(15)18-3/h8-9,11-12,14,17H,4-7,10,13H2,1-3H3/t14-/m1/s1. The molecule has 0 heterocycles. The van der Waals surface area contributed by atoms with Crippen LogP contribution in [0.4, 0.5) is 0 Å². The first-order chi connectivity index (χ1) is 8.77. The Morgan fingerprint density at radius 1 is 1.17 bits per heavy atom. The molecule has 0 aliphatic carbocycles. The van der Waals surface area contributed by atoms with Gasteiger partial charge in [0.2, 0.25) is 0 Å². The van der Waals surface area contributed by atoms with Crippen LogP contribution < -0.4 is 10.1 Å². The van der Waals surface area contributed by atoms with E-state index in [0.29, 0.717) is 6.04 Å². The monoisotopic (exact) mass is 249 g/mol. The Balaban J connectivity index is 2.26. The van der Waals surface area contributed by atoms with Gasteiger partial charge in [0.25, 0.3) is 0 Å². The Morgan fingerprint density at radius 2 is 1.94 bits per heavy atom. The van der Waals surface area contributed by atoms with Crippen molar-refractivity contribution in [2.45, 2.75) is 58.5 Å². The largest absolute Gasteiger partial charge is 0.496 e. The Labute approximate surface area is 112 Å². The second-order valence-corrected chi connectivity index (χ2v) is 4.94. The van der Waals surface area contributed by atoms with E-state index in [-0.39, 0.29) is 0 Å². The highest BCUT2D eigenvalue weighted by atomic mass is 16.5. The van der Waals surface area contributed by atoms with Crippen LogP contribution in [0, 0.1) is 0 Å². The molecule has 2 heteroatoms.